The van der Waals surface area contributed by atoms with Crippen LogP contribution in [0.15, 0.2) is 54.6 Å². The van der Waals surface area contributed by atoms with Gasteiger partial charge >= 0.3 is 17.9 Å². The number of esters is 2. The van der Waals surface area contributed by atoms with Crippen molar-refractivity contribution in [1.82, 2.24) is 0 Å². The van der Waals surface area contributed by atoms with Gasteiger partial charge in [0.2, 0.25) is 0 Å². The average molecular weight is 384 g/mol. The lowest BCUT2D eigenvalue weighted by molar-refractivity contribution is -0.0203. The molecule has 0 unspecified atom stereocenters. The molecule has 1 N–H and O–H groups in total. The Hall–Kier alpha value is -3.19. The van der Waals surface area contributed by atoms with Gasteiger partial charge in [0.15, 0.2) is 0 Å². The summed E-state index contributed by atoms with van der Waals surface area (Å²) >= 11 is 0. The lowest BCUT2D eigenvalue weighted by Crippen LogP contribution is -2.25. The topological polar surface area (TPSA) is 99.1 Å². The van der Waals surface area contributed by atoms with Gasteiger partial charge in [-0.3, -0.25) is 0 Å². The first-order valence-corrected chi connectivity index (χ1v) is 8.86. The second kappa shape index (κ2) is 8.67. The van der Waals surface area contributed by atoms with Crippen molar-refractivity contribution in [2.75, 3.05) is 6.61 Å². The van der Waals surface area contributed by atoms with E-state index in [4.69, 9.17) is 14.2 Å². The highest BCUT2D eigenvalue weighted by molar-refractivity contribution is 6.02. The maximum Gasteiger partial charge on any atom is 0.339 e. The Labute approximate surface area is 161 Å². The van der Waals surface area contributed by atoms with Crippen molar-refractivity contribution in [2.45, 2.75) is 31.7 Å². The molecule has 2 aromatic rings. The summed E-state index contributed by atoms with van der Waals surface area (Å²) in [5, 5.41) is 9.20. The van der Waals surface area contributed by atoms with E-state index in [1.807, 2.05) is 0 Å². The number of carbonyl (C=O) groups excluding carboxylic acids is 2. The lowest BCUT2D eigenvalue weighted by atomic mass is 10.1. The summed E-state index contributed by atoms with van der Waals surface area (Å²) in [6.45, 7) is 1.79. The molecule has 2 aromatic carbocycles. The summed E-state index contributed by atoms with van der Waals surface area (Å²) in [6.07, 6.45) is -1.02. The van der Waals surface area contributed by atoms with Crippen LogP contribution in [0.25, 0.3) is 0 Å². The van der Waals surface area contributed by atoms with Gasteiger partial charge in [0, 0.05) is 6.42 Å². The zero-order chi connectivity index (χ0) is 20.1. The van der Waals surface area contributed by atoms with Crippen molar-refractivity contribution < 1.29 is 33.7 Å². The second-order valence-corrected chi connectivity index (χ2v) is 6.46. The van der Waals surface area contributed by atoms with Crippen molar-refractivity contribution in [1.29, 1.82) is 0 Å². The SMILES string of the molecule is C[C@@H]1O[C@H](COC(=O)c2ccccc2)C[C@H]1OC(=O)c1ccccc1C(=O)O. The van der Waals surface area contributed by atoms with Crippen LogP contribution in [-0.4, -0.2) is 47.9 Å². The molecule has 1 saturated heterocycles. The third kappa shape index (κ3) is 4.55. The van der Waals surface area contributed by atoms with Gasteiger partial charge in [0.1, 0.15) is 12.7 Å². The molecule has 0 radical (unpaired) electrons. The lowest BCUT2D eigenvalue weighted by Gasteiger charge is -2.15. The van der Waals surface area contributed by atoms with Crippen molar-refractivity contribution in [3.63, 3.8) is 0 Å². The van der Waals surface area contributed by atoms with Crippen molar-refractivity contribution in [3.8, 4) is 0 Å². The minimum absolute atomic E-state index is 0.0128. The van der Waals surface area contributed by atoms with Crippen LogP contribution in [0.4, 0.5) is 0 Å². The third-order valence-corrected chi connectivity index (χ3v) is 4.47. The molecule has 0 saturated carbocycles. The van der Waals surface area contributed by atoms with Crippen LogP contribution in [0.3, 0.4) is 0 Å². The van der Waals surface area contributed by atoms with Crippen LogP contribution in [-0.2, 0) is 14.2 Å². The standard InChI is InChI=1S/C21H20O7/c1-13-18(28-21(25)17-10-6-5-9-16(17)19(22)23)11-15(27-13)12-26-20(24)14-7-3-2-4-8-14/h2-10,13,15,18H,11-12H2,1H3,(H,22,23)/t13-,15-,18+/m0/s1. The Morgan fingerprint density at radius 2 is 1.64 bits per heavy atom. The van der Waals surface area contributed by atoms with E-state index in [-0.39, 0.29) is 17.7 Å². The van der Waals surface area contributed by atoms with Crippen LogP contribution >= 0.6 is 0 Å². The van der Waals surface area contributed by atoms with E-state index in [2.05, 4.69) is 0 Å². The first-order chi connectivity index (χ1) is 13.5. The molecule has 3 rings (SSSR count). The monoisotopic (exact) mass is 384 g/mol. The Balaban J connectivity index is 1.56. The van der Waals surface area contributed by atoms with E-state index in [1.54, 1.807) is 49.4 Å². The highest BCUT2D eigenvalue weighted by Gasteiger charge is 2.36. The summed E-state index contributed by atoms with van der Waals surface area (Å²) in [6, 6.07) is 14.5. The smallest absolute Gasteiger partial charge is 0.339 e. The second-order valence-electron chi connectivity index (χ2n) is 6.46. The van der Waals surface area contributed by atoms with Gasteiger partial charge in [0.05, 0.1) is 28.9 Å². The van der Waals surface area contributed by atoms with Gasteiger partial charge in [-0.2, -0.15) is 0 Å². The molecule has 1 fully saturated rings. The number of carboxylic acids is 1. The molecule has 3 atom stereocenters. The molecule has 1 aliphatic heterocycles. The van der Waals surface area contributed by atoms with Gasteiger partial charge in [0.25, 0.3) is 0 Å². The number of hydrogen-bond acceptors (Lipinski definition) is 6. The molecule has 0 aromatic heterocycles. The van der Waals surface area contributed by atoms with Gasteiger partial charge in [-0.25, -0.2) is 14.4 Å². The van der Waals surface area contributed by atoms with E-state index in [0.717, 1.165) is 0 Å². The Morgan fingerprint density at radius 1 is 1.00 bits per heavy atom. The molecular formula is C21H20O7. The summed E-state index contributed by atoms with van der Waals surface area (Å²) in [7, 11) is 0. The fourth-order valence-electron chi connectivity index (χ4n) is 3.02. The van der Waals surface area contributed by atoms with Crippen LogP contribution in [0.5, 0.6) is 0 Å². The van der Waals surface area contributed by atoms with E-state index in [9.17, 15) is 19.5 Å². The summed E-state index contributed by atoms with van der Waals surface area (Å²) in [4.78, 5) is 35.7. The van der Waals surface area contributed by atoms with Gasteiger partial charge in [-0.15, -0.1) is 0 Å². The molecule has 0 amide bonds. The zero-order valence-electron chi connectivity index (χ0n) is 15.2. The van der Waals surface area contributed by atoms with E-state index >= 15 is 0 Å². The zero-order valence-corrected chi connectivity index (χ0v) is 15.2. The largest absolute Gasteiger partial charge is 0.478 e. The van der Waals surface area contributed by atoms with Crippen molar-refractivity contribution >= 4 is 17.9 Å². The number of aromatic carboxylic acids is 1. The highest BCUT2D eigenvalue weighted by atomic mass is 16.6. The fourth-order valence-corrected chi connectivity index (χ4v) is 3.02. The minimum atomic E-state index is -1.20. The van der Waals surface area contributed by atoms with Crippen LogP contribution < -0.4 is 0 Å². The number of carboxylic acid groups (broad SMARTS) is 1. The van der Waals surface area contributed by atoms with E-state index in [0.29, 0.717) is 12.0 Å². The Kier molecular flexibility index (Phi) is 6.06. The molecule has 0 spiro atoms. The fraction of sp³-hybridized carbons (Fsp3) is 0.286. The minimum Gasteiger partial charge on any atom is -0.478 e. The number of carbonyl (C=O) groups is 3. The average Bonchev–Trinajstić information content (AvgIpc) is 3.06. The van der Waals surface area contributed by atoms with Crippen molar-refractivity contribution in [3.05, 3.63) is 71.3 Å². The third-order valence-electron chi connectivity index (χ3n) is 4.47. The quantitative estimate of drug-likeness (QED) is 0.765. The molecule has 7 nitrogen and oxygen atoms in total. The van der Waals surface area contributed by atoms with Crippen LogP contribution in [0.1, 0.15) is 44.4 Å². The molecule has 0 aliphatic carbocycles. The predicted molar refractivity (Wildman–Crippen MR) is 98.3 cm³/mol. The van der Waals surface area contributed by atoms with Gasteiger partial charge in [-0.1, -0.05) is 30.3 Å². The molecule has 1 heterocycles. The number of rotatable bonds is 6. The van der Waals surface area contributed by atoms with Gasteiger partial charge in [-0.05, 0) is 31.2 Å². The normalized spacial score (nSPS) is 21.1. The summed E-state index contributed by atoms with van der Waals surface area (Å²) in [5.74, 6) is -2.37. The molecule has 1 aliphatic rings. The Bertz CT molecular complexity index is 862. The molecular weight excluding hydrogens is 364 g/mol. The Morgan fingerprint density at radius 3 is 2.32 bits per heavy atom. The van der Waals surface area contributed by atoms with Gasteiger partial charge < -0.3 is 19.3 Å². The van der Waals surface area contributed by atoms with Crippen molar-refractivity contribution in [2.24, 2.45) is 0 Å². The number of ether oxygens (including phenoxy) is 3. The highest BCUT2D eigenvalue weighted by Crippen LogP contribution is 2.25. The molecule has 28 heavy (non-hydrogen) atoms. The number of hydrogen-bond donors (Lipinski definition) is 1. The van der Waals surface area contributed by atoms with E-state index in [1.165, 1.54) is 12.1 Å². The molecule has 0 bridgehead atoms. The predicted octanol–water partition coefficient (Wildman–Crippen LogP) is 2.94. The summed E-state index contributed by atoms with van der Waals surface area (Å²) < 4.78 is 16.4. The number of benzene rings is 2. The molecule has 146 valence electrons. The summed E-state index contributed by atoms with van der Waals surface area (Å²) in [5.41, 5.74) is 0.315. The first-order valence-electron chi connectivity index (χ1n) is 8.86. The maximum atomic E-state index is 12.4. The van der Waals surface area contributed by atoms with E-state index < -0.39 is 36.2 Å². The van der Waals surface area contributed by atoms with Crippen LogP contribution in [0.2, 0.25) is 0 Å². The first kappa shape index (κ1) is 19.6. The van der Waals surface area contributed by atoms with Crippen LogP contribution in [0, 0.1) is 0 Å². The maximum absolute atomic E-state index is 12.4. The molecule has 7 heteroatoms.